The van der Waals surface area contributed by atoms with E-state index in [2.05, 4.69) is 5.32 Å². The molecule has 1 aromatic heterocycles. The molecule has 1 saturated heterocycles. The number of furan rings is 1. The van der Waals surface area contributed by atoms with Crippen LogP contribution < -0.4 is 15.7 Å². The van der Waals surface area contributed by atoms with E-state index in [1.165, 1.54) is 14.0 Å². The summed E-state index contributed by atoms with van der Waals surface area (Å²) in [4.78, 5) is 26.5. The quantitative estimate of drug-likeness (QED) is 0.642. The van der Waals surface area contributed by atoms with Gasteiger partial charge in [0.2, 0.25) is 0 Å². The summed E-state index contributed by atoms with van der Waals surface area (Å²) < 4.78 is 18.2. The number of ketones is 1. The molecule has 1 N–H and O–H groups in total. The average molecular weight is 386 g/mol. The first-order valence-corrected chi connectivity index (χ1v) is 9.26. The summed E-state index contributed by atoms with van der Waals surface area (Å²) in [5, 5.41) is 3.14. The Kier molecular flexibility index (Phi) is 4.84. The molecular formula is C20H27BN2O5. The zero-order valence-electron chi connectivity index (χ0n) is 17.7. The molecular weight excluding hydrogens is 359 g/mol. The van der Waals surface area contributed by atoms with Crippen molar-refractivity contribution in [3.8, 4) is 0 Å². The first kappa shape index (κ1) is 20.4. The minimum absolute atomic E-state index is 0.0464. The Balaban J connectivity index is 2.26. The number of amides is 1. The topological polar surface area (TPSA) is 81.0 Å². The molecule has 0 spiro atoms. The van der Waals surface area contributed by atoms with Gasteiger partial charge in [-0.3, -0.25) is 9.59 Å². The van der Waals surface area contributed by atoms with Crippen LogP contribution in [0.2, 0.25) is 0 Å². The minimum Gasteiger partial charge on any atom is -0.452 e. The van der Waals surface area contributed by atoms with Crippen LogP contribution in [0, 0.1) is 0 Å². The Morgan fingerprint density at radius 1 is 1.07 bits per heavy atom. The number of hydrogen-bond acceptors (Lipinski definition) is 6. The standard InChI is InChI=1S/C20H27BN2O5/c1-11(24)17-16(18(25)22-6)12-9-13(14(23(7)8)10-15(12)26-17)21-27-19(2,3)20(4,5)28-21/h9-10H,1-8H3,(H,22,25). The highest BCUT2D eigenvalue weighted by Crippen LogP contribution is 2.38. The molecule has 0 atom stereocenters. The largest absolute Gasteiger partial charge is 0.496 e. The Morgan fingerprint density at radius 3 is 2.11 bits per heavy atom. The lowest BCUT2D eigenvalue weighted by Gasteiger charge is -2.32. The first-order chi connectivity index (χ1) is 12.9. The molecule has 1 amide bonds. The van der Waals surface area contributed by atoms with Gasteiger partial charge in [-0.25, -0.2) is 0 Å². The van der Waals surface area contributed by atoms with Crippen LogP contribution in [0.3, 0.4) is 0 Å². The van der Waals surface area contributed by atoms with Crippen LogP contribution in [0.5, 0.6) is 0 Å². The van der Waals surface area contributed by atoms with E-state index in [-0.39, 0.29) is 23.0 Å². The second-order valence-corrected chi connectivity index (χ2v) is 8.33. The van der Waals surface area contributed by atoms with Crippen LogP contribution in [0.1, 0.15) is 55.5 Å². The third-order valence-electron chi connectivity index (χ3n) is 5.60. The second-order valence-electron chi connectivity index (χ2n) is 8.33. The van der Waals surface area contributed by atoms with Crippen molar-refractivity contribution in [1.29, 1.82) is 0 Å². The van der Waals surface area contributed by atoms with Gasteiger partial charge >= 0.3 is 7.12 Å². The number of rotatable bonds is 4. The molecule has 3 rings (SSSR count). The second kappa shape index (κ2) is 6.63. The number of Topliss-reactive ketones (excluding diaryl/α,β-unsaturated/α-hetero) is 1. The number of benzene rings is 1. The summed E-state index contributed by atoms with van der Waals surface area (Å²) in [6, 6.07) is 3.64. The Hall–Kier alpha value is -2.32. The van der Waals surface area contributed by atoms with Crippen molar-refractivity contribution in [2.75, 3.05) is 26.0 Å². The van der Waals surface area contributed by atoms with Crippen molar-refractivity contribution >= 4 is 40.9 Å². The zero-order valence-corrected chi connectivity index (χ0v) is 17.7. The van der Waals surface area contributed by atoms with Crippen LogP contribution in [-0.4, -0.2) is 51.2 Å². The molecule has 7 nitrogen and oxygen atoms in total. The van der Waals surface area contributed by atoms with Gasteiger partial charge in [-0.2, -0.15) is 0 Å². The molecule has 8 heteroatoms. The van der Waals surface area contributed by atoms with E-state index >= 15 is 0 Å². The van der Waals surface area contributed by atoms with Gasteiger partial charge in [0.15, 0.2) is 11.5 Å². The summed E-state index contributed by atoms with van der Waals surface area (Å²) in [7, 11) is 4.73. The maximum absolute atomic E-state index is 12.5. The van der Waals surface area contributed by atoms with E-state index < -0.39 is 18.3 Å². The van der Waals surface area contributed by atoms with Gasteiger partial charge in [-0.15, -0.1) is 0 Å². The van der Waals surface area contributed by atoms with Crippen molar-refractivity contribution in [2.24, 2.45) is 0 Å². The SMILES string of the molecule is CNC(=O)c1c(C(C)=O)oc2cc(N(C)C)c(B3OC(C)(C)C(C)(C)O3)cc12. The molecule has 1 aromatic carbocycles. The molecule has 1 aliphatic rings. The van der Waals surface area contributed by atoms with Gasteiger partial charge in [-0.1, -0.05) is 0 Å². The summed E-state index contributed by atoms with van der Waals surface area (Å²) >= 11 is 0. The highest BCUT2D eigenvalue weighted by Gasteiger charge is 2.52. The summed E-state index contributed by atoms with van der Waals surface area (Å²) in [6.07, 6.45) is 0. The van der Waals surface area contributed by atoms with Crippen LogP contribution in [0.4, 0.5) is 5.69 Å². The van der Waals surface area contributed by atoms with Crippen molar-refractivity contribution in [2.45, 2.75) is 45.8 Å². The molecule has 1 fully saturated rings. The molecule has 28 heavy (non-hydrogen) atoms. The molecule has 150 valence electrons. The van der Waals surface area contributed by atoms with Crippen LogP contribution in [0.25, 0.3) is 11.0 Å². The lowest BCUT2D eigenvalue weighted by Crippen LogP contribution is -2.41. The molecule has 0 aliphatic carbocycles. The molecule has 0 radical (unpaired) electrons. The molecule has 2 aromatic rings. The monoisotopic (exact) mass is 386 g/mol. The van der Waals surface area contributed by atoms with Crippen LogP contribution in [0.15, 0.2) is 16.5 Å². The average Bonchev–Trinajstić information content (AvgIpc) is 3.07. The number of hydrogen-bond donors (Lipinski definition) is 1. The fraction of sp³-hybridized carbons (Fsp3) is 0.500. The maximum atomic E-state index is 12.5. The highest BCUT2D eigenvalue weighted by molar-refractivity contribution is 6.64. The fourth-order valence-electron chi connectivity index (χ4n) is 3.29. The van der Waals surface area contributed by atoms with Gasteiger partial charge in [0.1, 0.15) is 5.58 Å². The van der Waals surface area contributed by atoms with E-state index in [0.717, 1.165) is 11.2 Å². The van der Waals surface area contributed by atoms with Crippen LogP contribution in [-0.2, 0) is 9.31 Å². The lowest BCUT2D eigenvalue weighted by atomic mass is 9.76. The van der Waals surface area contributed by atoms with Gasteiger partial charge < -0.3 is 23.9 Å². The van der Waals surface area contributed by atoms with Gasteiger partial charge in [0.05, 0.1) is 16.8 Å². The van der Waals surface area contributed by atoms with Crippen molar-refractivity contribution in [3.63, 3.8) is 0 Å². The Morgan fingerprint density at radius 2 is 1.64 bits per heavy atom. The fourth-order valence-corrected chi connectivity index (χ4v) is 3.29. The van der Waals surface area contributed by atoms with Crippen LogP contribution >= 0.6 is 0 Å². The van der Waals surface area contributed by atoms with E-state index in [9.17, 15) is 9.59 Å². The van der Waals surface area contributed by atoms with E-state index in [1.54, 1.807) is 0 Å². The van der Waals surface area contributed by atoms with Crippen molar-refractivity contribution in [3.05, 3.63) is 23.5 Å². The van der Waals surface area contributed by atoms with Crippen molar-refractivity contribution < 1.29 is 23.3 Å². The molecule has 0 saturated carbocycles. The number of nitrogens with one attached hydrogen (secondary N) is 1. The van der Waals surface area contributed by atoms with E-state index in [1.807, 2.05) is 58.8 Å². The predicted molar refractivity (Wildman–Crippen MR) is 110 cm³/mol. The van der Waals surface area contributed by atoms with Gasteiger partial charge in [-0.05, 0) is 33.8 Å². The van der Waals surface area contributed by atoms with E-state index in [4.69, 9.17) is 13.7 Å². The number of fused-ring (bicyclic) bond motifs is 1. The molecule has 0 bridgehead atoms. The summed E-state index contributed by atoms with van der Waals surface area (Å²) in [5.41, 5.74) is 1.30. The molecule has 1 aliphatic heterocycles. The lowest BCUT2D eigenvalue weighted by molar-refractivity contribution is 0.00578. The third kappa shape index (κ3) is 3.10. The minimum atomic E-state index is -0.611. The number of anilines is 1. The number of nitrogens with zero attached hydrogens (tertiary/aromatic N) is 1. The Labute approximate surface area is 165 Å². The van der Waals surface area contributed by atoms with Gasteiger partial charge in [0.25, 0.3) is 5.91 Å². The number of carbonyl (C=O) groups is 2. The van der Waals surface area contributed by atoms with Crippen molar-refractivity contribution in [1.82, 2.24) is 5.32 Å². The maximum Gasteiger partial charge on any atom is 0.496 e. The summed E-state index contributed by atoms with van der Waals surface area (Å²) in [5.74, 6) is -0.634. The predicted octanol–water partition coefficient (Wildman–Crippen LogP) is 2.36. The molecule has 0 unspecified atom stereocenters. The zero-order chi connectivity index (χ0) is 21.0. The van der Waals surface area contributed by atoms with Gasteiger partial charge in [0, 0.05) is 50.7 Å². The number of carbonyl (C=O) groups excluding carboxylic acids is 2. The highest BCUT2D eigenvalue weighted by atomic mass is 16.7. The molecule has 2 heterocycles. The summed E-state index contributed by atoms with van der Waals surface area (Å²) in [6.45, 7) is 9.34. The third-order valence-corrected chi connectivity index (χ3v) is 5.60. The normalized spacial score (nSPS) is 17.8. The first-order valence-electron chi connectivity index (χ1n) is 9.26. The smallest absolute Gasteiger partial charge is 0.452 e. The Bertz CT molecular complexity index is 945. The van der Waals surface area contributed by atoms with E-state index in [0.29, 0.717) is 11.0 Å².